The first kappa shape index (κ1) is 16.8. The molecule has 3 heterocycles. The fraction of sp³-hybridized carbons (Fsp3) is 0.100. The van der Waals surface area contributed by atoms with Crippen molar-refractivity contribution >= 4 is 28.2 Å². The molecule has 27 heavy (non-hydrogen) atoms. The molecular weight excluding hydrogens is 345 g/mol. The van der Waals surface area contributed by atoms with Gasteiger partial charge in [-0.3, -0.25) is 4.79 Å². The van der Waals surface area contributed by atoms with Crippen molar-refractivity contribution in [2.24, 2.45) is 0 Å². The molecule has 6 nitrogen and oxygen atoms in total. The molecule has 0 aliphatic carbocycles. The van der Waals surface area contributed by atoms with E-state index < -0.39 is 0 Å². The number of nitrogens with one attached hydrogen (secondary N) is 3. The van der Waals surface area contributed by atoms with E-state index in [1.54, 1.807) is 24.4 Å². The quantitative estimate of drug-likeness (QED) is 0.514. The zero-order chi connectivity index (χ0) is 19.0. The Kier molecular flexibility index (Phi) is 4.12. The lowest BCUT2D eigenvalue weighted by molar-refractivity contribution is 0.628. The van der Waals surface area contributed by atoms with Crippen molar-refractivity contribution in [3.05, 3.63) is 71.0 Å². The Morgan fingerprint density at radius 2 is 1.85 bits per heavy atom. The smallest absolute Gasteiger partial charge is 0.257 e. The summed E-state index contributed by atoms with van der Waals surface area (Å²) in [5.74, 6) is 0.302. The first-order chi connectivity index (χ1) is 13.0. The molecule has 4 rings (SSSR count). The Balaban J connectivity index is 1.85. The molecule has 0 spiro atoms. The van der Waals surface area contributed by atoms with E-state index in [0.29, 0.717) is 16.9 Å². The minimum absolute atomic E-state index is 0.239. The molecule has 7 heteroatoms. The third-order valence-corrected chi connectivity index (χ3v) is 4.35. The predicted octanol–water partition coefficient (Wildman–Crippen LogP) is 3.87. The number of anilines is 3. The van der Waals surface area contributed by atoms with Gasteiger partial charge in [0.2, 0.25) is 0 Å². The van der Waals surface area contributed by atoms with Gasteiger partial charge in [-0.05, 0) is 35.9 Å². The second-order valence-electron chi connectivity index (χ2n) is 6.40. The number of aromatic nitrogens is 3. The molecule has 0 aliphatic heterocycles. The third kappa shape index (κ3) is 3.15. The van der Waals surface area contributed by atoms with Crippen molar-refractivity contribution in [1.29, 1.82) is 0 Å². The van der Waals surface area contributed by atoms with Crippen LogP contribution in [0.2, 0.25) is 0 Å². The Hall–Kier alpha value is -3.61. The topological polar surface area (TPSA) is 76.8 Å². The van der Waals surface area contributed by atoms with Crippen LogP contribution < -0.4 is 15.8 Å². The molecule has 0 saturated carbocycles. The maximum absolute atomic E-state index is 13.2. The number of fused-ring (bicyclic) bond motifs is 1. The van der Waals surface area contributed by atoms with Crippen molar-refractivity contribution < 1.29 is 4.39 Å². The summed E-state index contributed by atoms with van der Waals surface area (Å²) in [6, 6.07) is 11.5. The molecule has 0 unspecified atom stereocenters. The van der Waals surface area contributed by atoms with Crippen molar-refractivity contribution in [3.63, 3.8) is 0 Å². The number of H-pyrrole nitrogens is 2. The molecule has 0 fully saturated rings. The van der Waals surface area contributed by atoms with E-state index in [1.807, 2.05) is 37.3 Å². The number of hydrogen-bond acceptors (Lipinski definition) is 4. The summed E-state index contributed by atoms with van der Waals surface area (Å²) in [5.41, 5.74) is 3.23. The van der Waals surface area contributed by atoms with Crippen molar-refractivity contribution in [2.45, 2.75) is 0 Å². The predicted molar refractivity (Wildman–Crippen MR) is 106 cm³/mol. The van der Waals surface area contributed by atoms with Crippen LogP contribution in [0.1, 0.15) is 0 Å². The summed E-state index contributed by atoms with van der Waals surface area (Å²) in [6.07, 6.45) is 3.54. The summed E-state index contributed by atoms with van der Waals surface area (Å²) >= 11 is 0. The standard InChI is InChI=1S/C20H18FN5O/c1-26(2)19-17(24-16-8-10-23-18-14(16)7-9-22-18)11-15(20(27)25-19)12-3-5-13(21)6-4-12/h3-11H,1-2H3,(H,25,27)(H2,22,23,24). The van der Waals surface area contributed by atoms with Gasteiger partial charge >= 0.3 is 0 Å². The average Bonchev–Trinajstić information content (AvgIpc) is 3.13. The minimum atomic E-state index is -0.343. The van der Waals surface area contributed by atoms with E-state index in [1.165, 1.54) is 12.1 Å². The largest absolute Gasteiger partial charge is 0.362 e. The molecule has 0 radical (unpaired) electrons. The summed E-state index contributed by atoms with van der Waals surface area (Å²) in [7, 11) is 3.71. The van der Waals surface area contributed by atoms with E-state index in [4.69, 9.17) is 0 Å². The molecule has 4 aromatic rings. The normalized spacial score (nSPS) is 10.9. The molecule has 3 aromatic heterocycles. The molecule has 0 bridgehead atoms. The van der Waals surface area contributed by atoms with Gasteiger partial charge in [-0.25, -0.2) is 9.37 Å². The van der Waals surface area contributed by atoms with E-state index in [9.17, 15) is 9.18 Å². The van der Waals surface area contributed by atoms with Gasteiger partial charge in [0, 0.05) is 37.4 Å². The molecule has 0 aliphatic rings. The van der Waals surface area contributed by atoms with E-state index in [-0.39, 0.29) is 11.4 Å². The van der Waals surface area contributed by atoms with Gasteiger partial charge in [0.05, 0.1) is 11.4 Å². The lowest BCUT2D eigenvalue weighted by Gasteiger charge is -2.19. The van der Waals surface area contributed by atoms with Crippen LogP contribution in [-0.2, 0) is 0 Å². The Labute approximate surface area is 154 Å². The number of hydrogen-bond donors (Lipinski definition) is 3. The van der Waals surface area contributed by atoms with Gasteiger partial charge < -0.3 is 20.2 Å². The second kappa shape index (κ2) is 6.60. The van der Waals surface area contributed by atoms with Crippen molar-refractivity contribution in [3.8, 4) is 11.1 Å². The highest BCUT2D eigenvalue weighted by atomic mass is 19.1. The summed E-state index contributed by atoms with van der Waals surface area (Å²) < 4.78 is 13.2. The molecule has 0 saturated heterocycles. The van der Waals surface area contributed by atoms with Crippen molar-refractivity contribution in [1.82, 2.24) is 15.0 Å². The van der Waals surface area contributed by atoms with Crippen LogP contribution in [0.15, 0.2) is 59.7 Å². The lowest BCUT2D eigenvalue weighted by atomic mass is 10.1. The van der Waals surface area contributed by atoms with Crippen LogP contribution in [0.4, 0.5) is 21.6 Å². The number of aromatic amines is 2. The first-order valence-corrected chi connectivity index (χ1v) is 8.42. The molecule has 0 atom stereocenters. The van der Waals surface area contributed by atoms with E-state index >= 15 is 0 Å². The number of rotatable bonds is 4. The van der Waals surface area contributed by atoms with Gasteiger partial charge in [-0.2, -0.15) is 0 Å². The fourth-order valence-electron chi connectivity index (χ4n) is 3.03. The summed E-state index contributed by atoms with van der Waals surface area (Å²) in [6.45, 7) is 0. The Bertz CT molecular complexity index is 1160. The molecule has 0 amide bonds. The fourth-order valence-corrected chi connectivity index (χ4v) is 3.03. The molecule has 3 N–H and O–H groups in total. The van der Waals surface area contributed by atoms with Crippen LogP contribution in [0.25, 0.3) is 22.2 Å². The summed E-state index contributed by atoms with van der Waals surface area (Å²) in [5, 5.41) is 4.33. The highest BCUT2D eigenvalue weighted by Gasteiger charge is 2.14. The Morgan fingerprint density at radius 1 is 1.07 bits per heavy atom. The van der Waals surface area contributed by atoms with Gasteiger partial charge in [-0.15, -0.1) is 0 Å². The van der Waals surface area contributed by atoms with Gasteiger partial charge in [0.25, 0.3) is 5.56 Å². The lowest BCUT2D eigenvalue weighted by Crippen LogP contribution is -2.19. The van der Waals surface area contributed by atoms with E-state index in [2.05, 4.69) is 20.3 Å². The van der Waals surface area contributed by atoms with Crippen LogP contribution >= 0.6 is 0 Å². The number of nitrogens with zero attached hydrogens (tertiary/aromatic N) is 2. The zero-order valence-corrected chi connectivity index (χ0v) is 14.9. The van der Waals surface area contributed by atoms with Crippen molar-refractivity contribution in [2.75, 3.05) is 24.3 Å². The molecule has 1 aromatic carbocycles. The minimum Gasteiger partial charge on any atom is -0.362 e. The number of pyridine rings is 2. The van der Waals surface area contributed by atoms with Crippen LogP contribution in [0.5, 0.6) is 0 Å². The van der Waals surface area contributed by atoms with Crippen LogP contribution in [-0.4, -0.2) is 29.0 Å². The van der Waals surface area contributed by atoms with Crippen LogP contribution in [0.3, 0.4) is 0 Å². The third-order valence-electron chi connectivity index (χ3n) is 4.35. The summed E-state index contributed by atoms with van der Waals surface area (Å²) in [4.78, 5) is 24.7. The number of halogens is 1. The first-order valence-electron chi connectivity index (χ1n) is 8.42. The second-order valence-corrected chi connectivity index (χ2v) is 6.40. The number of benzene rings is 1. The average molecular weight is 363 g/mol. The monoisotopic (exact) mass is 363 g/mol. The SMILES string of the molecule is CN(C)c1[nH]c(=O)c(-c2ccc(F)cc2)cc1Nc1ccnc2[nH]ccc12. The molecule has 136 valence electrons. The van der Waals surface area contributed by atoms with Crippen LogP contribution in [0, 0.1) is 5.82 Å². The van der Waals surface area contributed by atoms with Gasteiger partial charge in [0.1, 0.15) is 17.3 Å². The highest BCUT2D eigenvalue weighted by Crippen LogP contribution is 2.31. The van der Waals surface area contributed by atoms with E-state index in [0.717, 1.165) is 22.4 Å². The maximum Gasteiger partial charge on any atom is 0.257 e. The maximum atomic E-state index is 13.2. The zero-order valence-electron chi connectivity index (χ0n) is 14.9. The highest BCUT2D eigenvalue weighted by molar-refractivity contribution is 5.92. The molecular formula is C20H18FN5O. The Morgan fingerprint density at radius 3 is 2.59 bits per heavy atom. The van der Waals surface area contributed by atoms with Gasteiger partial charge in [0.15, 0.2) is 0 Å². The van der Waals surface area contributed by atoms with Gasteiger partial charge in [-0.1, -0.05) is 12.1 Å².